The summed E-state index contributed by atoms with van der Waals surface area (Å²) < 4.78 is 27.0. The molecule has 0 radical (unpaired) electrons. The van der Waals surface area contributed by atoms with Gasteiger partial charge in [0.05, 0.1) is 10.9 Å². The predicted molar refractivity (Wildman–Crippen MR) is 126 cm³/mol. The summed E-state index contributed by atoms with van der Waals surface area (Å²) >= 11 is 1.71. The average Bonchev–Trinajstić information content (AvgIpc) is 3.30. The molecular formula is C23H33N3O3S2. The highest BCUT2D eigenvalue weighted by Gasteiger charge is 2.26. The van der Waals surface area contributed by atoms with Crippen LogP contribution in [0.2, 0.25) is 0 Å². The van der Waals surface area contributed by atoms with E-state index < -0.39 is 10.0 Å². The van der Waals surface area contributed by atoms with Gasteiger partial charge in [-0.3, -0.25) is 9.69 Å². The molecule has 0 aliphatic carbocycles. The topological polar surface area (TPSA) is 69.7 Å². The van der Waals surface area contributed by atoms with Crippen molar-refractivity contribution in [2.45, 2.75) is 44.6 Å². The van der Waals surface area contributed by atoms with Crippen LogP contribution < -0.4 is 5.32 Å². The SMILES string of the molecule is CCN(CC)S(=O)(=O)c1cccc(C(=O)NCC(c2cccs2)N2CCC(C)CC2)c1. The van der Waals surface area contributed by atoms with Crippen molar-refractivity contribution in [3.63, 3.8) is 0 Å². The number of nitrogens with one attached hydrogen (secondary N) is 1. The molecule has 1 atom stereocenters. The molecule has 2 heterocycles. The van der Waals surface area contributed by atoms with Gasteiger partial charge in [0.1, 0.15) is 0 Å². The van der Waals surface area contributed by atoms with Gasteiger partial charge in [0.15, 0.2) is 0 Å². The molecule has 2 aromatic rings. The van der Waals surface area contributed by atoms with E-state index >= 15 is 0 Å². The lowest BCUT2D eigenvalue weighted by Crippen LogP contribution is -2.41. The molecule has 0 saturated carbocycles. The standard InChI is InChI=1S/C23H33N3O3S2/c1-4-26(5-2)31(28,29)20-9-6-8-19(16-20)23(27)24-17-21(22-10-7-15-30-22)25-13-11-18(3)12-14-25/h6-10,15-16,18,21H,4-5,11-14,17H2,1-3H3,(H,24,27). The van der Waals surface area contributed by atoms with E-state index in [1.54, 1.807) is 29.5 Å². The van der Waals surface area contributed by atoms with Crippen LogP contribution in [0.5, 0.6) is 0 Å². The Kier molecular flexibility index (Phi) is 8.27. The molecule has 1 unspecified atom stereocenters. The molecule has 8 heteroatoms. The number of likely N-dealkylation sites (tertiary alicyclic amines) is 1. The number of thiophene rings is 1. The fourth-order valence-electron chi connectivity index (χ4n) is 4.03. The van der Waals surface area contributed by atoms with Crippen molar-refractivity contribution < 1.29 is 13.2 Å². The van der Waals surface area contributed by atoms with E-state index in [0.717, 1.165) is 19.0 Å². The highest BCUT2D eigenvalue weighted by atomic mass is 32.2. The summed E-state index contributed by atoms with van der Waals surface area (Å²) in [5, 5.41) is 5.12. The third kappa shape index (κ3) is 5.74. The van der Waals surface area contributed by atoms with E-state index in [9.17, 15) is 13.2 Å². The number of piperidine rings is 1. The molecule has 1 aliphatic rings. The lowest BCUT2D eigenvalue weighted by Gasteiger charge is -2.36. The number of hydrogen-bond donors (Lipinski definition) is 1. The molecule has 0 bridgehead atoms. The Bertz CT molecular complexity index is 948. The van der Waals surface area contributed by atoms with Crippen LogP contribution in [0.3, 0.4) is 0 Å². The fraction of sp³-hybridized carbons (Fsp3) is 0.522. The monoisotopic (exact) mass is 463 g/mol. The first-order valence-electron chi connectivity index (χ1n) is 11.0. The van der Waals surface area contributed by atoms with E-state index in [2.05, 4.69) is 28.6 Å². The fourth-order valence-corrected chi connectivity index (χ4v) is 6.40. The van der Waals surface area contributed by atoms with Crippen molar-refractivity contribution >= 4 is 27.3 Å². The Hall–Kier alpha value is -1.74. The molecule has 170 valence electrons. The van der Waals surface area contributed by atoms with Crippen LogP contribution >= 0.6 is 11.3 Å². The minimum Gasteiger partial charge on any atom is -0.350 e. The quantitative estimate of drug-likeness (QED) is 0.611. The van der Waals surface area contributed by atoms with E-state index in [1.165, 1.54) is 28.1 Å². The van der Waals surface area contributed by atoms with Gasteiger partial charge in [-0.25, -0.2) is 8.42 Å². The number of sulfonamides is 1. The van der Waals surface area contributed by atoms with Crippen molar-refractivity contribution in [1.82, 2.24) is 14.5 Å². The van der Waals surface area contributed by atoms with Gasteiger partial charge in [0.2, 0.25) is 10.0 Å². The number of hydrogen-bond acceptors (Lipinski definition) is 5. The van der Waals surface area contributed by atoms with Gasteiger partial charge in [0, 0.05) is 30.1 Å². The maximum absolute atomic E-state index is 12.9. The Balaban J connectivity index is 1.73. The van der Waals surface area contributed by atoms with Gasteiger partial charge in [0.25, 0.3) is 5.91 Å². The summed E-state index contributed by atoms with van der Waals surface area (Å²) in [5.74, 6) is 0.494. The van der Waals surface area contributed by atoms with Gasteiger partial charge in [-0.05, 0) is 61.5 Å². The Labute approximate surface area is 190 Å². The number of nitrogens with zero attached hydrogens (tertiary/aromatic N) is 2. The minimum atomic E-state index is -3.60. The number of carbonyl (C=O) groups excluding carboxylic acids is 1. The maximum Gasteiger partial charge on any atom is 0.251 e. The first kappa shape index (κ1) is 23.9. The van der Waals surface area contributed by atoms with Gasteiger partial charge < -0.3 is 5.32 Å². The first-order chi connectivity index (χ1) is 14.9. The van der Waals surface area contributed by atoms with Gasteiger partial charge in [-0.15, -0.1) is 11.3 Å². The zero-order valence-electron chi connectivity index (χ0n) is 18.6. The summed E-state index contributed by atoms with van der Waals surface area (Å²) in [4.78, 5) is 16.8. The third-order valence-electron chi connectivity index (χ3n) is 6.03. The third-order valence-corrected chi connectivity index (χ3v) is 9.05. The zero-order valence-corrected chi connectivity index (χ0v) is 20.2. The molecule has 1 aromatic heterocycles. The highest BCUT2D eigenvalue weighted by Crippen LogP contribution is 2.29. The summed E-state index contributed by atoms with van der Waals surface area (Å²) in [6, 6.07) is 10.6. The number of rotatable bonds is 9. The summed E-state index contributed by atoms with van der Waals surface area (Å²) in [6.45, 7) is 9.25. The Morgan fingerprint density at radius 2 is 1.90 bits per heavy atom. The van der Waals surface area contributed by atoms with Crippen molar-refractivity contribution in [1.29, 1.82) is 0 Å². The average molecular weight is 464 g/mol. The molecule has 1 N–H and O–H groups in total. The molecule has 1 amide bonds. The first-order valence-corrected chi connectivity index (χ1v) is 13.3. The van der Waals surface area contributed by atoms with Gasteiger partial charge in [-0.1, -0.05) is 32.9 Å². The second-order valence-electron chi connectivity index (χ2n) is 8.08. The molecule has 1 aromatic carbocycles. The highest BCUT2D eigenvalue weighted by molar-refractivity contribution is 7.89. The molecule has 3 rings (SSSR count). The molecule has 1 saturated heterocycles. The molecule has 31 heavy (non-hydrogen) atoms. The van der Waals surface area contributed by atoms with Crippen LogP contribution in [0.4, 0.5) is 0 Å². The van der Waals surface area contributed by atoms with Crippen molar-refractivity contribution in [2.24, 2.45) is 5.92 Å². The van der Waals surface area contributed by atoms with Crippen molar-refractivity contribution in [3.8, 4) is 0 Å². The van der Waals surface area contributed by atoms with Gasteiger partial charge in [-0.2, -0.15) is 4.31 Å². The van der Waals surface area contributed by atoms with Gasteiger partial charge >= 0.3 is 0 Å². The number of amides is 1. The van der Waals surface area contributed by atoms with E-state index in [-0.39, 0.29) is 16.8 Å². The van der Waals surface area contributed by atoms with E-state index in [4.69, 9.17) is 0 Å². The largest absolute Gasteiger partial charge is 0.350 e. The van der Waals surface area contributed by atoms with Crippen LogP contribution in [0.15, 0.2) is 46.7 Å². The number of carbonyl (C=O) groups is 1. The second kappa shape index (κ2) is 10.7. The lowest BCUT2D eigenvalue weighted by atomic mass is 9.97. The molecule has 1 fully saturated rings. The van der Waals surface area contributed by atoms with E-state index in [0.29, 0.717) is 25.2 Å². The molecule has 0 spiro atoms. The smallest absolute Gasteiger partial charge is 0.251 e. The van der Waals surface area contributed by atoms with E-state index in [1.807, 2.05) is 19.9 Å². The zero-order chi connectivity index (χ0) is 22.4. The van der Waals surface area contributed by atoms with Crippen LogP contribution in [0, 0.1) is 5.92 Å². The number of benzene rings is 1. The molecule has 1 aliphatic heterocycles. The summed E-state index contributed by atoms with van der Waals surface area (Å²) in [5.41, 5.74) is 0.366. The summed E-state index contributed by atoms with van der Waals surface area (Å²) in [6.07, 6.45) is 2.34. The van der Waals surface area contributed by atoms with Crippen molar-refractivity contribution in [3.05, 3.63) is 52.2 Å². The Morgan fingerprint density at radius 3 is 2.52 bits per heavy atom. The van der Waals surface area contributed by atoms with Crippen LogP contribution in [-0.2, 0) is 10.0 Å². The lowest BCUT2D eigenvalue weighted by molar-refractivity contribution is 0.0914. The molecular weight excluding hydrogens is 430 g/mol. The molecule has 6 nitrogen and oxygen atoms in total. The van der Waals surface area contributed by atoms with Crippen molar-refractivity contribution in [2.75, 3.05) is 32.7 Å². The predicted octanol–water partition coefficient (Wildman–Crippen LogP) is 3.98. The normalized spacial score (nSPS) is 17.0. The minimum absolute atomic E-state index is 0.138. The van der Waals surface area contributed by atoms with Crippen LogP contribution in [0.25, 0.3) is 0 Å². The second-order valence-corrected chi connectivity index (χ2v) is 11.0. The summed E-state index contributed by atoms with van der Waals surface area (Å²) in [7, 11) is -3.60. The van der Waals surface area contributed by atoms with Crippen LogP contribution in [-0.4, -0.2) is 56.3 Å². The Morgan fingerprint density at radius 1 is 1.19 bits per heavy atom. The van der Waals surface area contributed by atoms with Crippen LogP contribution in [0.1, 0.15) is 54.9 Å². The maximum atomic E-state index is 12.9.